The van der Waals surface area contributed by atoms with Crippen LogP contribution in [0.1, 0.15) is 47.0 Å². The first-order valence-corrected chi connectivity index (χ1v) is 8.59. The molecule has 0 bridgehead atoms. The van der Waals surface area contributed by atoms with E-state index in [1.54, 1.807) is 0 Å². The first kappa shape index (κ1) is 16.7. The Morgan fingerprint density at radius 1 is 1.16 bits per heavy atom. The number of halogens is 1. The normalized spacial score (nSPS) is 11.9. The second kappa shape index (κ2) is 8.06. The molecule has 1 aromatic rings. The molecular weight excluding hydrogens is 276 g/mol. The van der Waals surface area contributed by atoms with E-state index in [9.17, 15) is 0 Å². The molecule has 0 unspecified atom stereocenters. The van der Waals surface area contributed by atoms with Crippen LogP contribution in [0.4, 0.5) is 0 Å². The van der Waals surface area contributed by atoms with Gasteiger partial charge in [-0.05, 0) is 70.1 Å². The molecular formula is C16H25ClOS. The van der Waals surface area contributed by atoms with Crippen molar-refractivity contribution in [1.29, 1.82) is 0 Å². The SMILES string of the molecule is CC(C)CCC(C)(C)CCOc1ccc(SCl)cc1. The lowest BCUT2D eigenvalue weighted by molar-refractivity contribution is 0.208. The first-order valence-electron chi connectivity index (χ1n) is 6.94. The molecule has 0 aliphatic rings. The van der Waals surface area contributed by atoms with Crippen molar-refractivity contribution in [3.05, 3.63) is 24.3 Å². The van der Waals surface area contributed by atoms with E-state index >= 15 is 0 Å². The monoisotopic (exact) mass is 300 g/mol. The molecule has 0 aliphatic carbocycles. The van der Waals surface area contributed by atoms with Crippen molar-refractivity contribution in [2.75, 3.05) is 6.61 Å². The second-order valence-corrected chi connectivity index (χ2v) is 7.33. The summed E-state index contributed by atoms with van der Waals surface area (Å²) in [6.45, 7) is 9.99. The Morgan fingerprint density at radius 2 is 1.79 bits per heavy atom. The summed E-state index contributed by atoms with van der Waals surface area (Å²) in [4.78, 5) is 1.05. The fraction of sp³-hybridized carbons (Fsp3) is 0.625. The van der Waals surface area contributed by atoms with Crippen LogP contribution in [0.2, 0.25) is 0 Å². The molecule has 0 aliphatic heterocycles. The highest BCUT2D eigenvalue weighted by molar-refractivity contribution is 8.21. The third-order valence-corrected chi connectivity index (χ3v) is 4.34. The van der Waals surface area contributed by atoms with Crippen LogP contribution in [0.5, 0.6) is 5.75 Å². The average Bonchev–Trinajstić information content (AvgIpc) is 2.37. The van der Waals surface area contributed by atoms with Crippen LogP contribution in [-0.2, 0) is 0 Å². The lowest BCUT2D eigenvalue weighted by Crippen LogP contribution is -2.16. The standard InChI is InChI=1S/C16H25ClOS/c1-13(2)9-10-16(3,4)11-12-18-14-5-7-15(19-17)8-6-14/h5-8,13H,9-12H2,1-4H3. The summed E-state index contributed by atoms with van der Waals surface area (Å²) in [5.41, 5.74) is 0.357. The maximum Gasteiger partial charge on any atom is 0.119 e. The Morgan fingerprint density at radius 3 is 2.32 bits per heavy atom. The fourth-order valence-electron chi connectivity index (χ4n) is 1.84. The van der Waals surface area contributed by atoms with Gasteiger partial charge < -0.3 is 4.74 Å². The minimum Gasteiger partial charge on any atom is -0.494 e. The summed E-state index contributed by atoms with van der Waals surface area (Å²) in [7, 11) is 6.91. The van der Waals surface area contributed by atoms with Crippen molar-refractivity contribution in [3.8, 4) is 5.75 Å². The minimum absolute atomic E-state index is 0.357. The molecule has 3 heteroatoms. The van der Waals surface area contributed by atoms with E-state index < -0.39 is 0 Å². The molecule has 0 aromatic heterocycles. The number of benzene rings is 1. The molecule has 0 heterocycles. The van der Waals surface area contributed by atoms with Gasteiger partial charge in [0.15, 0.2) is 0 Å². The number of ether oxygens (including phenoxy) is 1. The Hall–Kier alpha value is -0.340. The van der Waals surface area contributed by atoms with Gasteiger partial charge in [-0.25, -0.2) is 0 Å². The van der Waals surface area contributed by atoms with E-state index in [0.717, 1.165) is 29.6 Å². The number of rotatable bonds is 8. The third-order valence-electron chi connectivity index (χ3n) is 3.36. The van der Waals surface area contributed by atoms with Gasteiger partial charge in [-0.1, -0.05) is 34.1 Å². The smallest absolute Gasteiger partial charge is 0.119 e. The van der Waals surface area contributed by atoms with Gasteiger partial charge in [-0.3, -0.25) is 0 Å². The lowest BCUT2D eigenvalue weighted by atomic mass is 9.83. The molecule has 1 rings (SSSR count). The van der Waals surface area contributed by atoms with Gasteiger partial charge in [0.1, 0.15) is 5.75 Å². The van der Waals surface area contributed by atoms with Gasteiger partial charge >= 0.3 is 0 Å². The van der Waals surface area contributed by atoms with Gasteiger partial charge in [-0.15, -0.1) is 0 Å². The van der Waals surface area contributed by atoms with E-state index in [0.29, 0.717) is 5.41 Å². The zero-order valence-corrected chi connectivity index (χ0v) is 14.0. The second-order valence-electron chi connectivity index (χ2n) is 6.24. The van der Waals surface area contributed by atoms with E-state index in [1.807, 2.05) is 24.3 Å². The van der Waals surface area contributed by atoms with Crippen molar-refractivity contribution in [3.63, 3.8) is 0 Å². The van der Waals surface area contributed by atoms with Crippen LogP contribution >= 0.6 is 21.7 Å². The Balaban J connectivity index is 2.31. The van der Waals surface area contributed by atoms with E-state index in [4.69, 9.17) is 15.4 Å². The Bertz CT molecular complexity index is 360. The molecule has 0 saturated carbocycles. The summed E-state index contributed by atoms with van der Waals surface area (Å²) in [5.74, 6) is 1.70. The van der Waals surface area contributed by atoms with Crippen LogP contribution in [-0.4, -0.2) is 6.61 Å². The zero-order valence-electron chi connectivity index (χ0n) is 12.4. The van der Waals surface area contributed by atoms with Crippen LogP contribution in [0, 0.1) is 11.3 Å². The van der Waals surface area contributed by atoms with E-state index in [-0.39, 0.29) is 0 Å². The predicted octanol–water partition coefficient (Wildman–Crippen LogP) is 6.16. The quantitative estimate of drug-likeness (QED) is 0.568. The van der Waals surface area contributed by atoms with E-state index in [2.05, 4.69) is 27.7 Å². The largest absolute Gasteiger partial charge is 0.494 e. The molecule has 0 spiro atoms. The number of hydrogen-bond donors (Lipinski definition) is 0. The highest BCUT2D eigenvalue weighted by atomic mass is 35.7. The average molecular weight is 301 g/mol. The summed E-state index contributed by atoms with van der Waals surface area (Å²) in [6.07, 6.45) is 3.64. The van der Waals surface area contributed by atoms with Gasteiger partial charge in [0.2, 0.25) is 0 Å². The van der Waals surface area contributed by atoms with Crippen LogP contribution < -0.4 is 4.74 Å². The summed E-state index contributed by atoms with van der Waals surface area (Å²) in [6, 6.07) is 7.92. The molecule has 0 amide bonds. The molecule has 1 aromatic carbocycles. The van der Waals surface area contributed by atoms with Crippen LogP contribution in [0.3, 0.4) is 0 Å². The van der Waals surface area contributed by atoms with Gasteiger partial charge in [-0.2, -0.15) is 0 Å². The Kier molecular flexibility index (Phi) is 7.09. The predicted molar refractivity (Wildman–Crippen MR) is 86.1 cm³/mol. The molecule has 0 fully saturated rings. The summed E-state index contributed by atoms with van der Waals surface area (Å²) >= 11 is 0. The van der Waals surface area contributed by atoms with Crippen LogP contribution in [0.15, 0.2) is 29.2 Å². The summed E-state index contributed by atoms with van der Waals surface area (Å²) < 4.78 is 5.80. The molecule has 0 radical (unpaired) electrons. The summed E-state index contributed by atoms with van der Waals surface area (Å²) in [5, 5.41) is 0. The van der Waals surface area contributed by atoms with Gasteiger partial charge in [0.25, 0.3) is 0 Å². The van der Waals surface area contributed by atoms with Crippen molar-refractivity contribution in [2.45, 2.75) is 51.9 Å². The highest BCUT2D eigenvalue weighted by Crippen LogP contribution is 2.29. The molecule has 19 heavy (non-hydrogen) atoms. The van der Waals surface area contributed by atoms with Crippen molar-refractivity contribution in [2.24, 2.45) is 11.3 Å². The van der Waals surface area contributed by atoms with Crippen molar-refractivity contribution >= 4 is 21.7 Å². The molecule has 108 valence electrons. The van der Waals surface area contributed by atoms with Crippen LogP contribution in [0.25, 0.3) is 0 Å². The van der Waals surface area contributed by atoms with Crippen molar-refractivity contribution < 1.29 is 4.74 Å². The third kappa shape index (κ3) is 7.12. The first-order chi connectivity index (χ1) is 8.93. The maximum absolute atomic E-state index is 5.80. The topological polar surface area (TPSA) is 9.23 Å². The fourth-order valence-corrected chi connectivity index (χ4v) is 2.38. The molecule has 0 atom stereocenters. The molecule has 0 saturated heterocycles. The van der Waals surface area contributed by atoms with Crippen molar-refractivity contribution in [1.82, 2.24) is 0 Å². The Labute approximate surface area is 126 Å². The lowest BCUT2D eigenvalue weighted by Gasteiger charge is -2.25. The van der Waals surface area contributed by atoms with Gasteiger partial charge in [0, 0.05) is 4.90 Å². The highest BCUT2D eigenvalue weighted by Gasteiger charge is 2.18. The number of hydrogen-bond acceptors (Lipinski definition) is 2. The minimum atomic E-state index is 0.357. The molecule has 1 nitrogen and oxygen atoms in total. The molecule has 0 N–H and O–H groups in total. The van der Waals surface area contributed by atoms with Gasteiger partial charge in [0.05, 0.1) is 6.61 Å². The van der Waals surface area contributed by atoms with E-state index in [1.165, 1.54) is 23.8 Å². The maximum atomic E-state index is 5.80. The zero-order chi connectivity index (χ0) is 14.3.